The molecule has 1 aliphatic heterocycles. The summed E-state index contributed by atoms with van der Waals surface area (Å²) in [7, 11) is 1.49. The molecule has 8 nitrogen and oxygen atoms in total. The third kappa shape index (κ3) is 4.14. The van der Waals surface area contributed by atoms with E-state index in [1.807, 2.05) is 0 Å². The Kier molecular flexibility index (Phi) is 5.93. The van der Waals surface area contributed by atoms with Crippen LogP contribution in [-0.4, -0.2) is 37.1 Å². The summed E-state index contributed by atoms with van der Waals surface area (Å²) in [6.45, 7) is 0.0307. The Balaban J connectivity index is 1.71. The van der Waals surface area contributed by atoms with Gasteiger partial charge in [0, 0.05) is 28.8 Å². The van der Waals surface area contributed by atoms with E-state index in [4.69, 9.17) is 9.47 Å². The fourth-order valence-corrected chi connectivity index (χ4v) is 3.44. The Morgan fingerprint density at radius 3 is 2.75 bits per heavy atom. The number of carbonyl (C=O) groups excluding carboxylic acids is 2. The first-order valence-corrected chi connectivity index (χ1v) is 9.28. The molecular weight excluding hydrogens is 432 g/mol. The van der Waals surface area contributed by atoms with Gasteiger partial charge in [0.1, 0.15) is 5.75 Å². The van der Waals surface area contributed by atoms with Crippen LogP contribution < -0.4 is 9.64 Å². The summed E-state index contributed by atoms with van der Waals surface area (Å²) < 4.78 is 10.8. The van der Waals surface area contributed by atoms with E-state index in [-0.39, 0.29) is 17.2 Å². The molecule has 0 spiro atoms. The SMILES string of the molecule is COc1ccc(Br)c(C(=O)OCC(=O)N2CCCc3cc([N+](=O)[O-])ccc32)c1. The van der Waals surface area contributed by atoms with E-state index in [2.05, 4.69) is 15.9 Å². The second kappa shape index (κ2) is 8.39. The zero-order chi connectivity index (χ0) is 20.3. The Labute approximate surface area is 169 Å². The number of hydrogen-bond donors (Lipinski definition) is 0. The van der Waals surface area contributed by atoms with Crippen molar-refractivity contribution in [1.29, 1.82) is 0 Å². The number of nitro groups is 1. The number of amides is 1. The van der Waals surface area contributed by atoms with Crippen LogP contribution in [0.1, 0.15) is 22.3 Å². The number of aryl methyl sites for hydroxylation is 1. The van der Waals surface area contributed by atoms with Crippen LogP contribution in [0.2, 0.25) is 0 Å². The molecule has 0 radical (unpaired) electrons. The third-order valence-corrected chi connectivity index (χ3v) is 5.11. The van der Waals surface area contributed by atoms with Gasteiger partial charge in [-0.25, -0.2) is 4.79 Å². The fraction of sp³-hybridized carbons (Fsp3) is 0.263. The summed E-state index contributed by atoms with van der Waals surface area (Å²) in [5.74, 6) is -0.546. The molecule has 0 fully saturated rings. The number of nitrogens with zero attached hydrogens (tertiary/aromatic N) is 2. The normalized spacial score (nSPS) is 12.9. The van der Waals surface area contributed by atoms with Gasteiger partial charge in [-0.2, -0.15) is 0 Å². The van der Waals surface area contributed by atoms with Gasteiger partial charge in [-0.15, -0.1) is 0 Å². The third-order valence-electron chi connectivity index (χ3n) is 4.41. The molecule has 28 heavy (non-hydrogen) atoms. The number of benzene rings is 2. The summed E-state index contributed by atoms with van der Waals surface area (Å²) in [4.78, 5) is 36.9. The van der Waals surface area contributed by atoms with Crippen molar-refractivity contribution in [2.24, 2.45) is 0 Å². The largest absolute Gasteiger partial charge is 0.497 e. The number of methoxy groups -OCH3 is 1. The van der Waals surface area contributed by atoms with E-state index in [0.717, 1.165) is 5.56 Å². The van der Waals surface area contributed by atoms with Crippen LogP contribution >= 0.6 is 15.9 Å². The molecule has 0 unspecified atom stereocenters. The monoisotopic (exact) mass is 448 g/mol. The Bertz CT molecular complexity index is 946. The van der Waals surface area contributed by atoms with Crippen LogP contribution in [0.5, 0.6) is 5.75 Å². The van der Waals surface area contributed by atoms with Crippen molar-refractivity contribution in [2.45, 2.75) is 12.8 Å². The number of fused-ring (bicyclic) bond motifs is 1. The smallest absolute Gasteiger partial charge is 0.339 e. The quantitative estimate of drug-likeness (QED) is 0.394. The van der Waals surface area contributed by atoms with Gasteiger partial charge in [0.15, 0.2) is 6.61 Å². The lowest BCUT2D eigenvalue weighted by Gasteiger charge is -2.29. The zero-order valence-corrected chi connectivity index (χ0v) is 16.6. The van der Waals surface area contributed by atoms with Crippen molar-refractivity contribution in [2.75, 3.05) is 25.2 Å². The zero-order valence-electron chi connectivity index (χ0n) is 15.0. The number of nitro benzene ring substituents is 1. The van der Waals surface area contributed by atoms with Gasteiger partial charge in [0.05, 0.1) is 17.6 Å². The molecule has 1 amide bonds. The number of halogens is 1. The van der Waals surface area contributed by atoms with Crippen molar-refractivity contribution in [3.63, 3.8) is 0 Å². The minimum absolute atomic E-state index is 0.0117. The van der Waals surface area contributed by atoms with Gasteiger partial charge in [-0.05, 0) is 58.6 Å². The molecule has 0 saturated carbocycles. The molecule has 0 N–H and O–H groups in total. The predicted octanol–water partition coefficient (Wildman–Crippen LogP) is 3.50. The highest BCUT2D eigenvalue weighted by molar-refractivity contribution is 9.10. The first kappa shape index (κ1) is 19.8. The van der Waals surface area contributed by atoms with E-state index in [9.17, 15) is 19.7 Å². The van der Waals surface area contributed by atoms with Crippen LogP contribution in [0.25, 0.3) is 0 Å². The summed E-state index contributed by atoms with van der Waals surface area (Å²) in [5, 5.41) is 10.9. The lowest BCUT2D eigenvalue weighted by molar-refractivity contribution is -0.384. The van der Waals surface area contributed by atoms with Crippen molar-refractivity contribution in [3.8, 4) is 5.75 Å². The van der Waals surface area contributed by atoms with E-state index in [0.29, 0.717) is 35.3 Å². The van der Waals surface area contributed by atoms with Crippen LogP contribution in [-0.2, 0) is 16.0 Å². The van der Waals surface area contributed by atoms with E-state index < -0.39 is 17.5 Å². The molecule has 0 aliphatic carbocycles. The van der Waals surface area contributed by atoms with E-state index >= 15 is 0 Å². The van der Waals surface area contributed by atoms with Gasteiger partial charge in [0.25, 0.3) is 11.6 Å². The average Bonchev–Trinajstić information content (AvgIpc) is 2.71. The summed E-state index contributed by atoms with van der Waals surface area (Å²) in [6.07, 6.45) is 1.33. The maximum absolute atomic E-state index is 12.6. The predicted molar refractivity (Wildman–Crippen MR) is 105 cm³/mol. The molecule has 3 rings (SSSR count). The topological polar surface area (TPSA) is 99.0 Å². The van der Waals surface area contributed by atoms with Crippen LogP contribution in [0, 0.1) is 10.1 Å². The number of rotatable bonds is 5. The van der Waals surface area contributed by atoms with Crippen LogP contribution in [0.15, 0.2) is 40.9 Å². The molecule has 0 atom stereocenters. The molecule has 1 heterocycles. The molecule has 2 aromatic carbocycles. The lowest BCUT2D eigenvalue weighted by atomic mass is 10.0. The summed E-state index contributed by atoms with van der Waals surface area (Å²) >= 11 is 3.28. The molecule has 2 aromatic rings. The second-order valence-electron chi connectivity index (χ2n) is 6.14. The second-order valence-corrected chi connectivity index (χ2v) is 7.00. The average molecular weight is 449 g/mol. The standard InChI is InChI=1S/C19H17BrN2O6/c1-27-14-5-6-16(20)15(10-14)19(24)28-11-18(23)21-8-2-3-12-9-13(22(25)26)4-7-17(12)21/h4-7,9-10H,2-3,8,11H2,1H3. The van der Waals surface area contributed by atoms with E-state index in [1.165, 1.54) is 30.2 Å². The number of esters is 1. The van der Waals surface area contributed by atoms with Crippen molar-refractivity contribution in [1.82, 2.24) is 0 Å². The van der Waals surface area contributed by atoms with Crippen molar-refractivity contribution in [3.05, 3.63) is 62.1 Å². The first-order chi connectivity index (χ1) is 13.4. The highest BCUT2D eigenvalue weighted by Gasteiger charge is 2.25. The van der Waals surface area contributed by atoms with Crippen molar-refractivity contribution < 1.29 is 24.0 Å². The Morgan fingerprint density at radius 2 is 2.04 bits per heavy atom. The highest BCUT2D eigenvalue weighted by atomic mass is 79.9. The summed E-state index contributed by atoms with van der Waals surface area (Å²) in [6, 6.07) is 9.27. The number of anilines is 1. The van der Waals surface area contributed by atoms with Crippen LogP contribution in [0.3, 0.4) is 0 Å². The molecule has 0 aromatic heterocycles. The number of hydrogen-bond acceptors (Lipinski definition) is 6. The van der Waals surface area contributed by atoms with Gasteiger partial charge >= 0.3 is 5.97 Å². The minimum Gasteiger partial charge on any atom is -0.497 e. The van der Waals surface area contributed by atoms with Gasteiger partial charge < -0.3 is 14.4 Å². The molecular formula is C19H17BrN2O6. The maximum atomic E-state index is 12.6. The highest BCUT2D eigenvalue weighted by Crippen LogP contribution is 2.30. The minimum atomic E-state index is -0.653. The number of non-ortho nitro benzene ring substituents is 1. The first-order valence-electron chi connectivity index (χ1n) is 8.49. The van der Waals surface area contributed by atoms with E-state index in [1.54, 1.807) is 18.2 Å². The van der Waals surface area contributed by atoms with Gasteiger partial charge in [-0.1, -0.05) is 0 Å². The maximum Gasteiger partial charge on any atom is 0.339 e. The molecule has 1 aliphatic rings. The molecule has 146 valence electrons. The Hall–Kier alpha value is -2.94. The van der Waals surface area contributed by atoms with Gasteiger partial charge in [0.2, 0.25) is 0 Å². The number of carbonyl (C=O) groups is 2. The van der Waals surface area contributed by atoms with Gasteiger partial charge in [-0.3, -0.25) is 14.9 Å². The van der Waals surface area contributed by atoms with Crippen molar-refractivity contribution >= 4 is 39.2 Å². The molecule has 0 saturated heterocycles. The fourth-order valence-electron chi connectivity index (χ4n) is 3.03. The Morgan fingerprint density at radius 1 is 1.25 bits per heavy atom. The molecule has 9 heteroatoms. The lowest BCUT2D eigenvalue weighted by Crippen LogP contribution is -2.38. The molecule has 0 bridgehead atoms. The summed E-state index contributed by atoms with van der Waals surface area (Å²) in [5.41, 5.74) is 1.58. The van der Waals surface area contributed by atoms with Crippen LogP contribution in [0.4, 0.5) is 11.4 Å². The number of ether oxygens (including phenoxy) is 2.